The number of alkyl halides is 3. The smallest absolute Gasteiger partial charge is 0.416 e. The maximum Gasteiger partial charge on any atom is 0.416 e. The van der Waals surface area contributed by atoms with Crippen molar-refractivity contribution in [3.05, 3.63) is 102 Å². The molecule has 2 aromatic heterocycles. The fourth-order valence-corrected chi connectivity index (χ4v) is 5.95. The van der Waals surface area contributed by atoms with Crippen LogP contribution in [0.4, 0.5) is 24.5 Å². The molecule has 2 atom stereocenters. The van der Waals surface area contributed by atoms with Crippen LogP contribution in [0.3, 0.4) is 0 Å². The summed E-state index contributed by atoms with van der Waals surface area (Å²) in [6.45, 7) is 4.94. The Bertz CT molecular complexity index is 1680. The maximum absolute atomic E-state index is 13.2. The van der Waals surface area contributed by atoms with Crippen LogP contribution < -0.4 is 15.0 Å². The fraction of sp³-hybridized carbons (Fsp3) is 0.361. The number of benzene rings is 2. The number of carbonyl (C=O) groups is 1. The molecule has 1 amide bonds. The summed E-state index contributed by atoms with van der Waals surface area (Å²) in [6, 6.07) is 18.2. The van der Waals surface area contributed by atoms with Crippen LogP contribution >= 0.6 is 0 Å². The van der Waals surface area contributed by atoms with Crippen molar-refractivity contribution >= 4 is 17.3 Å². The second kappa shape index (κ2) is 14.5. The Balaban J connectivity index is 1.21. The van der Waals surface area contributed by atoms with Gasteiger partial charge in [-0.1, -0.05) is 36.4 Å². The lowest BCUT2D eigenvalue weighted by Crippen LogP contribution is -2.37. The van der Waals surface area contributed by atoms with Crippen LogP contribution in [0, 0.1) is 6.92 Å². The summed E-state index contributed by atoms with van der Waals surface area (Å²) in [5, 5.41) is 2.69. The molecule has 2 fully saturated rings. The quantitative estimate of drug-likeness (QED) is 0.202. The molecule has 6 rings (SSSR count). The molecular formula is C36H37F3N4O4. The van der Waals surface area contributed by atoms with Crippen molar-refractivity contribution in [1.82, 2.24) is 9.97 Å². The molecule has 11 heteroatoms. The SMILES string of the molecule is Cc1ncc(NC(=O)c2cccc(C(F)(F)F)c2)cc1-c1cnc(O[C@@H]2CCC[C@@H](OCc3ccccc3)C2)c(N2CCOCC2)c1. The van der Waals surface area contributed by atoms with E-state index in [0.717, 1.165) is 60.2 Å². The van der Waals surface area contributed by atoms with Crippen LogP contribution in [0.2, 0.25) is 0 Å². The number of nitrogens with zero attached hydrogens (tertiary/aromatic N) is 3. The molecule has 0 unspecified atom stereocenters. The molecule has 8 nitrogen and oxygen atoms in total. The molecule has 47 heavy (non-hydrogen) atoms. The number of nitrogens with one attached hydrogen (secondary N) is 1. The highest BCUT2D eigenvalue weighted by atomic mass is 19.4. The van der Waals surface area contributed by atoms with Gasteiger partial charge in [-0.3, -0.25) is 9.78 Å². The Hall–Kier alpha value is -4.48. The second-order valence-electron chi connectivity index (χ2n) is 11.9. The van der Waals surface area contributed by atoms with Gasteiger partial charge in [0.05, 0.1) is 43.4 Å². The lowest BCUT2D eigenvalue weighted by molar-refractivity contribution is -0.137. The Morgan fingerprint density at radius 1 is 0.979 bits per heavy atom. The molecule has 0 bridgehead atoms. The van der Waals surface area contributed by atoms with Gasteiger partial charge in [0.25, 0.3) is 5.91 Å². The summed E-state index contributed by atoms with van der Waals surface area (Å²) >= 11 is 0. The molecule has 1 saturated carbocycles. The lowest BCUT2D eigenvalue weighted by atomic mass is 9.94. The van der Waals surface area contributed by atoms with Gasteiger partial charge in [0.1, 0.15) is 11.8 Å². The predicted molar refractivity (Wildman–Crippen MR) is 173 cm³/mol. The average Bonchev–Trinajstić information content (AvgIpc) is 3.09. The number of morpholine rings is 1. The third-order valence-electron chi connectivity index (χ3n) is 8.48. The average molecular weight is 647 g/mol. The number of hydrogen-bond acceptors (Lipinski definition) is 7. The van der Waals surface area contributed by atoms with Crippen molar-refractivity contribution in [2.24, 2.45) is 0 Å². The van der Waals surface area contributed by atoms with Gasteiger partial charge >= 0.3 is 6.18 Å². The van der Waals surface area contributed by atoms with E-state index in [1.54, 1.807) is 12.3 Å². The highest BCUT2D eigenvalue weighted by Gasteiger charge is 2.31. The van der Waals surface area contributed by atoms with Crippen molar-refractivity contribution in [1.29, 1.82) is 0 Å². The van der Waals surface area contributed by atoms with Crippen LogP contribution in [0.1, 0.15) is 52.9 Å². The molecule has 1 aliphatic heterocycles. The molecule has 246 valence electrons. The first-order valence-electron chi connectivity index (χ1n) is 15.8. The summed E-state index contributed by atoms with van der Waals surface area (Å²) in [4.78, 5) is 24.3. The van der Waals surface area contributed by atoms with Crippen LogP contribution in [-0.4, -0.2) is 54.4 Å². The number of amides is 1. The number of aryl methyl sites for hydroxylation is 1. The van der Waals surface area contributed by atoms with E-state index in [1.807, 2.05) is 31.2 Å². The van der Waals surface area contributed by atoms with Crippen molar-refractivity contribution in [2.75, 3.05) is 36.5 Å². The minimum atomic E-state index is -4.55. The summed E-state index contributed by atoms with van der Waals surface area (Å²) in [6.07, 6.45) is 2.39. The fourth-order valence-electron chi connectivity index (χ4n) is 5.95. The van der Waals surface area contributed by atoms with Crippen LogP contribution in [0.15, 0.2) is 79.1 Å². The largest absolute Gasteiger partial charge is 0.473 e. The minimum Gasteiger partial charge on any atom is -0.473 e. The standard InChI is InChI=1S/C36H37F3N4O4/c1-24-32(19-29(22-40-24)42-34(44)26-9-5-10-28(17-26)36(37,38)39)27-18-33(43-13-15-45-16-14-43)35(41-21-27)47-31-12-6-11-30(20-31)46-23-25-7-3-2-4-8-25/h2-5,7-10,17-19,21-22,30-31H,6,11-16,20,23H2,1H3,(H,42,44)/t30-,31-/m1/s1. The third-order valence-corrected chi connectivity index (χ3v) is 8.48. The van der Waals surface area contributed by atoms with Gasteiger partial charge < -0.3 is 24.4 Å². The Morgan fingerprint density at radius 3 is 2.55 bits per heavy atom. The van der Waals surface area contributed by atoms with E-state index in [1.165, 1.54) is 18.3 Å². The normalized spacial score (nSPS) is 18.5. The first-order valence-corrected chi connectivity index (χ1v) is 15.8. The van der Waals surface area contributed by atoms with E-state index in [9.17, 15) is 18.0 Å². The minimum absolute atomic E-state index is 0.0412. The van der Waals surface area contributed by atoms with E-state index in [0.29, 0.717) is 50.2 Å². The lowest BCUT2D eigenvalue weighted by Gasteiger charge is -2.33. The highest BCUT2D eigenvalue weighted by molar-refractivity contribution is 6.04. The van der Waals surface area contributed by atoms with E-state index in [-0.39, 0.29) is 17.8 Å². The van der Waals surface area contributed by atoms with Gasteiger partial charge in [-0.15, -0.1) is 0 Å². The topological polar surface area (TPSA) is 85.8 Å². The van der Waals surface area contributed by atoms with E-state index in [2.05, 4.69) is 27.3 Å². The number of rotatable bonds is 9. The zero-order valence-corrected chi connectivity index (χ0v) is 26.1. The number of pyridine rings is 2. The Morgan fingerprint density at radius 2 is 1.77 bits per heavy atom. The monoisotopic (exact) mass is 646 g/mol. The molecule has 0 radical (unpaired) electrons. The summed E-state index contributed by atoms with van der Waals surface area (Å²) in [7, 11) is 0. The number of hydrogen-bond donors (Lipinski definition) is 1. The summed E-state index contributed by atoms with van der Waals surface area (Å²) in [5.41, 5.74) is 3.55. The van der Waals surface area contributed by atoms with Crippen LogP contribution in [-0.2, 0) is 22.3 Å². The number of ether oxygens (including phenoxy) is 3. The molecule has 4 aromatic rings. The molecule has 2 aromatic carbocycles. The Labute approximate surface area is 271 Å². The van der Waals surface area contributed by atoms with Crippen molar-refractivity contribution in [2.45, 2.75) is 57.6 Å². The molecule has 3 heterocycles. The third kappa shape index (κ3) is 8.28. The maximum atomic E-state index is 13.2. The molecule has 1 N–H and O–H groups in total. The van der Waals surface area contributed by atoms with Crippen molar-refractivity contribution in [3.63, 3.8) is 0 Å². The predicted octanol–water partition coefficient (Wildman–Crippen LogP) is 7.47. The van der Waals surface area contributed by atoms with Gasteiger partial charge in [0, 0.05) is 48.1 Å². The molecule has 0 spiro atoms. The molecule has 1 saturated heterocycles. The number of halogens is 3. The first-order chi connectivity index (χ1) is 22.7. The van der Waals surface area contributed by atoms with Gasteiger partial charge in [-0.05, 0) is 62.1 Å². The van der Waals surface area contributed by atoms with Crippen molar-refractivity contribution in [3.8, 4) is 17.0 Å². The van der Waals surface area contributed by atoms with Crippen LogP contribution in [0.5, 0.6) is 5.88 Å². The Kier molecular flexibility index (Phi) is 10.0. The van der Waals surface area contributed by atoms with E-state index in [4.69, 9.17) is 19.2 Å². The second-order valence-corrected chi connectivity index (χ2v) is 11.9. The number of aromatic nitrogens is 2. The van der Waals surface area contributed by atoms with Crippen molar-refractivity contribution < 1.29 is 32.2 Å². The zero-order chi connectivity index (χ0) is 32.8. The van der Waals surface area contributed by atoms with Gasteiger partial charge in [-0.2, -0.15) is 13.2 Å². The first kappa shape index (κ1) is 32.5. The van der Waals surface area contributed by atoms with E-state index >= 15 is 0 Å². The number of carbonyl (C=O) groups excluding carboxylic acids is 1. The molecular weight excluding hydrogens is 609 g/mol. The van der Waals surface area contributed by atoms with Gasteiger partial charge in [0.15, 0.2) is 0 Å². The van der Waals surface area contributed by atoms with Crippen LogP contribution in [0.25, 0.3) is 11.1 Å². The van der Waals surface area contributed by atoms with E-state index < -0.39 is 17.6 Å². The van der Waals surface area contributed by atoms with Gasteiger partial charge in [0.2, 0.25) is 5.88 Å². The zero-order valence-electron chi connectivity index (χ0n) is 26.1. The molecule has 2 aliphatic rings. The summed E-state index contributed by atoms with van der Waals surface area (Å²) in [5.74, 6) is -0.119. The highest BCUT2D eigenvalue weighted by Crippen LogP contribution is 2.36. The summed E-state index contributed by atoms with van der Waals surface area (Å²) < 4.78 is 58.0. The molecule has 1 aliphatic carbocycles. The van der Waals surface area contributed by atoms with Gasteiger partial charge in [-0.25, -0.2) is 4.98 Å². The number of anilines is 2.